The summed E-state index contributed by atoms with van der Waals surface area (Å²) in [5, 5.41) is 6.28. The highest BCUT2D eigenvalue weighted by Crippen LogP contribution is 2.33. The van der Waals surface area contributed by atoms with Gasteiger partial charge in [-0.25, -0.2) is 4.98 Å². The summed E-state index contributed by atoms with van der Waals surface area (Å²) in [4.78, 5) is 8.31. The zero-order valence-electron chi connectivity index (χ0n) is 16.7. The third kappa shape index (κ3) is 4.16. The van der Waals surface area contributed by atoms with E-state index in [-0.39, 0.29) is 11.2 Å². The first kappa shape index (κ1) is 20.3. The number of nitrogens with zero attached hydrogens (tertiary/aromatic N) is 5. The SMILES string of the molecule is Cc1c(N)c(OC[C@@H](C)Cn2cc(Cl)c3cnc(Cl)nc32)nn1C1CCCCC1. The zero-order chi connectivity index (χ0) is 20.5. The third-order valence-corrected chi connectivity index (χ3v) is 6.12. The molecule has 0 unspecified atom stereocenters. The summed E-state index contributed by atoms with van der Waals surface area (Å²) < 4.78 is 10.0. The van der Waals surface area contributed by atoms with Crippen molar-refractivity contribution in [3.05, 3.63) is 28.4 Å². The number of aromatic nitrogens is 5. The summed E-state index contributed by atoms with van der Waals surface area (Å²) in [5.74, 6) is 0.718. The lowest BCUT2D eigenvalue weighted by atomic mass is 9.95. The number of nitrogen functional groups attached to an aromatic ring is 1. The molecule has 29 heavy (non-hydrogen) atoms. The van der Waals surface area contributed by atoms with Gasteiger partial charge in [-0.2, -0.15) is 4.98 Å². The molecule has 2 N–H and O–H groups in total. The van der Waals surface area contributed by atoms with Gasteiger partial charge in [0.2, 0.25) is 5.28 Å². The number of hydrogen-bond donors (Lipinski definition) is 1. The monoisotopic (exact) mass is 436 g/mol. The van der Waals surface area contributed by atoms with Gasteiger partial charge in [-0.3, -0.25) is 4.68 Å². The topological polar surface area (TPSA) is 83.8 Å². The first-order chi connectivity index (χ1) is 13.9. The number of nitrogens with two attached hydrogens (primary N) is 1. The van der Waals surface area contributed by atoms with E-state index >= 15 is 0 Å². The molecule has 1 fully saturated rings. The Labute approximate surface area is 180 Å². The average molecular weight is 437 g/mol. The lowest BCUT2D eigenvalue weighted by Gasteiger charge is -2.23. The van der Waals surface area contributed by atoms with Crippen LogP contribution in [-0.2, 0) is 6.54 Å². The molecular weight excluding hydrogens is 411 g/mol. The van der Waals surface area contributed by atoms with E-state index in [0.29, 0.717) is 35.8 Å². The first-order valence-electron chi connectivity index (χ1n) is 10.1. The van der Waals surface area contributed by atoms with Crippen LogP contribution in [0.3, 0.4) is 0 Å². The van der Waals surface area contributed by atoms with Crippen molar-refractivity contribution >= 4 is 39.9 Å². The molecule has 0 aromatic carbocycles. The second-order valence-corrected chi connectivity index (χ2v) is 8.71. The Balaban J connectivity index is 1.44. The standard InChI is InChI=1S/C20H26Cl2N6O/c1-12(9-27-10-16(21)15-8-24-20(22)25-18(15)27)11-29-19-17(23)13(2)28(26-19)14-6-4-3-5-7-14/h8,10,12,14H,3-7,9,11,23H2,1-2H3/t12-/m0/s1. The van der Waals surface area contributed by atoms with Crippen molar-refractivity contribution < 1.29 is 4.74 Å². The highest BCUT2D eigenvalue weighted by Gasteiger charge is 2.22. The van der Waals surface area contributed by atoms with E-state index in [4.69, 9.17) is 33.7 Å². The van der Waals surface area contributed by atoms with Crippen LogP contribution in [0.4, 0.5) is 5.69 Å². The Morgan fingerprint density at radius 3 is 2.79 bits per heavy atom. The summed E-state index contributed by atoms with van der Waals surface area (Å²) >= 11 is 12.2. The van der Waals surface area contributed by atoms with Crippen molar-refractivity contribution in [1.82, 2.24) is 24.3 Å². The quantitative estimate of drug-likeness (QED) is 0.546. The van der Waals surface area contributed by atoms with Gasteiger partial charge in [0.05, 0.1) is 28.8 Å². The summed E-state index contributed by atoms with van der Waals surface area (Å²) in [5.41, 5.74) is 8.63. The van der Waals surface area contributed by atoms with Gasteiger partial charge in [0.15, 0.2) is 0 Å². The predicted molar refractivity (Wildman–Crippen MR) is 116 cm³/mol. The lowest BCUT2D eigenvalue weighted by Crippen LogP contribution is -2.17. The van der Waals surface area contributed by atoms with Crippen LogP contribution in [0, 0.1) is 12.8 Å². The summed E-state index contributed by atoms with van der Waals surface area (Å²) in [6.45, 7) is 5.29. The van der Waals surface area contributed by atoms with E-state index in [1.54, 1.807) is 6.20 Å². The molecular formula is C20H26Cl2N6O. The maximum Gasteiger partial charge on any atom is 0.256 e. The van der Waals surface area contributed by atoms with Crippen LogP contribution >= 0.6 is 23.2 Å². The smallest absolute Gasteiger partial charge is 0.256 e. The molecule has 0 aliphatic heterocycles. The van der Waals surface area contributed by atoms with E-state index < -0.39 is 0 Å². The molecule has 1 atom stereocenters. The fraction of sp³-hybridized carbons (Fsp3) is 0.550. The minimum absolute atomic E-state index is 0.190. The number of anilines is 1. The van der Waals surface area contributed by atoms with Crippen LogP contribution in [0.1, 0.15) is 50.8 Å². The molecule has 1 aliphatic carbocycles. The molecule has 3 aromatic rings. The van der Waals surface area contributed by atoms with Crippen LogP contribution in [0.25, 0.3) is 11.0 Å². The van der Waals surface area contributed by atoms with E-state index in [1.807, 2.05) is 17.7 Å². The number of rotatable bonds is 6. The van der Waals surface area contributed by atoms with Crippen LogP contribution in [0.5, 0.6) is 5.88 Å². The van der Waals surface area contributed by atoms with Gasteiger partial charge in [0.25, 0.3) is 5.88 Å². The molecule has 3 aromatic heterocycles. The number of fused-ring (bicyclic) bond motifs is 1. The van der Waals surface area contributed by atoms with Crippen molar-refractivity contribution in [2.24, 2.45) is 5.92 Å². The fourth-order valence-electron chi connectivity index (χ4n) is 4.05. The molecule has 0 bridgehead atoms. The van der Waals surface area contributed by atoms with E-state index in [1.165, 1.54) is 19.3 Å². The van der Waals surface area contributed by atoms with Crippen molar-refractivity contribution in [2.45, 2.75) is 58.5 Å². The number of halogens is 2. The van der Waals surface area contributed by atoms with Gasteiger partial charge < -0.3 is 15.0 Å². The van der Waals surface area contributed by atoms with Gasteiger partial charge in [-0.1, -0.05) is 37.8 Å². The van der Waals surface area contributed by atoms with Gasteiger partial charge >= 0.3 is 0 Å². The Morgan fingerprint density at radius 2 is 2.03 bits per heavy atom. The van der Waals surface area contributed by atoms with Crippen LogP contribution in [0.15, 0.2) is 12.4 Å². The molecule has 3 heterocycles. The van der Waals surface area contributed by atoms with Crippen molar-refractivity contribution in [3.8, 4) is 5.88 Å². The van der Waals surface area contributed by atoms with Crippen LogP contribution < -0.4 is 10.5 Å². The lowest BCUT2D eigenvalue weighted by molar-refractivity contribution is 0.231. The Hall–Kier alpha value is -1.99. The van der Waals surface area contributed by atoms with Gasteiger partial charge in [-0.05, 0) is 31.4 Å². The summed E-state index contributed by atoms with van der Waals surface area (Å²) in [6.07, 6.45) is 9.61. The van der Waals surface area contributed by atoms with Crippen LogP contribution in [-0.4, -0.2) is 30.9 Å². The normalized spacial score (nSPS) is 16.4. The van der Waals surface area contributed by atoms with Crippen molar-refractivity contribution in [2.75, 3.05) is 12.3 Å². The predicted octanol–water partition coefficient (Wildman–Crippen LogP) is 5.05. The van der Waals surface area contributed by atoms with Gasteiger partial charge in [-0.15, -0.1) is 5.10 Å². The molecule has 156 valence electrons. The van der Waals surface area contributed by atoms with E-state index in [9.17, 15) is 0 Å². The van der Waals surface area contributed by atoms with Crippen molar-refractivity contribution in [1.29, 1.82) is 0 Å². The van der Waals surface area contributed by atoms with Crippen LogP contribution in [0.2, 0.25) is 10.3 Å². The average Bonchev–Trinajstić information content (AvgIpc) is 3.17. The second-order valence-electron chi connectivity index (χ2n) is 7.96. The molecule has 0 amide bonds. The molecule has 1 aliphatic rings. The molecule has 9 heteroatoms. The Morgan fingerprint density at radius 1 is 1.28 bits per heavy atom. The summed E-state index contributed by atoms with van der Waals surface area (Å²) in [6, 6.07) is 0.429. The van der Waals surface area contributed by atoms with E-state index in [0.717, 1.165) is 29.6 Å². The maximum absolute atomic E-state index is 6.30. The molecule has 4 rings (SSSR count). The minimum atomic E-state index is 0.190. The van der Waals surface area contributed by atoms with E-state index in [2.05, 4.69) is 26.7 Å². The Kier molecular flexibility index (Phi) is 5.88. The molecule has 7 nitrogen and oxygen atoms in total. The molecule has 0 radical (unpaired) electrons. The summed E-state index contributed by atoms with van der Waals surface area (Å²) in [7, 11) is 0. The highest BCUT2D eigenvalue weighted by molar-refractivity contribution is 6.35. The first-order valence-corrected chi connectivity index (χ1v) is 10.8. The highest BCUT2D eigenvalue weighted by atomic mass is 35.5. The third-order valence-electron chi connectivity index (χ3n) is 5.63. The van der Waals surface area contributed by atoms with Crippen molar-refractivity contribution in [3.63, 3.8) is 0 Å². The minimum Gasteiger partial charge on any atom is -0.475 e. The Bertz CT molecular complexity index is 1010. The number of hydrogen-bond acceptors (Lipinski definition) is 5. The second kappa shape index (κ2) is 8.40. The largest absolute Gasteiger partial charge is 0.475 e. The van der Waals surface area contributed by atoms with Gasteiger partial charge in [0.1, 0.15) is 11.3 Å². The fourth-order valence-corrected chi connectivity index (χ4v) is 4.43. The molecule has 0 spiro atoms. The zero-order valence-corrected chi connectivity index (χ0v) is 18.2. The number of ether oxygens (including phenoxy) is 1. The van der Waals surface area contributed by atoms with Gasteiger partial charge in [0, 0.05) is 24.9 Å². The maximum atomic E-state index is 6.30. The molecule has 0 saturated heterocycles. The molecule has 1 saturated carbocycles.